The van der Waals surface area contributed by atoms with Crippen molar-refractivity contribution in [2.75, 3.05) is 18.0 Å². The molecule has 1 aromatic rings. The highest BCUT2D eigenvalue weighted by Crippen LogP contribution is 2.32. The van der Waals surface area contributed by atoms with Crippen molar-refractivity contribution < 1.29 is 0 Å². The zero-order valence-corrected chi connectivity index (χ0v) is 11.4. The molecule has 0 aromatic heterocycles. The Balaban J connectivity index is 2.41. The van der Waals surface area contributed by atoms with E-state index in [4.69, 9.17) is 5.26 Å². The third kappa shape index (κ3) is 2.34. The van der Waals surface area contributed by atoms with Gasteiger partial charge in [-0.2, -0.15) is 5.26 Å². The fraction of sp³-hybridized carbons (Fsp3) is 0.533. The fourth-order valence-electron chi connectivity index (χ4n) is 2.84. The monoisotopic (exact) mass is 243 g/mol. The number of rotatable bonds is 2. The molecule has 1 atom stereocenters. The first-order valence-corrected chi connectivity index (χ1v) is 6.49. The van der Waals surface area contributed by atoms with Gasteiger partial charge in [-0.05, 0) is 32.4 Å². The van der Waals surface area contributed by atoms with Gasteiger partial charge in [-0.3, -0.25) is 0 Å². The molecule has 0 radical (unpaired) electrons. The van der Waals surface area contributed by atoms with Crippen LogP contribution < -0.4 is 10.2 Å². The van der Waals surface area contributed by atoms with E-state index in [2.05, 4.69) is 61.3 Å². The third-order valence-corrected chi connectivity index (χ3v) is 3.66. The first-order valence-electron chi connectivity index (χ1n) is 6.49. The van der Waals surface area contributed by atoms with Gasteiger partial charge in [-0.1, -0.05) is 18.2 Å². The highest BCUT2D eigenvalue weighted by Gasteiger charge is 2.36. The first kappa shape index (κ1) is 12.9. The van der Waals surface area contributed by atoms with Crippen molar-refractivity contribution in [2.24, 2.45) is 0 Å². The van der Waals surface area contributed by atoms with Gasteiger partial charge in [0.2, 0.25) is 0 Å². The van der Waals surface area contributed by atoms with Gasteiger partial charge in [-0.15, -0.1) is 0 Å². The summed E-state index contributed by atoms with van der Waals surface area (Å²) in [5.41, 5.74) is 2.56. The van der Waals surface area contributed by atoms with Gasteiger partial charge in [0, 0.05) is 24.3 Å². The molecule has 18 heavy (non-hydrogen) atoms. The maximum absolute atomic E-state index is 9.02. The van der Waals surface area contributed by atoms with E-state index in [1.54, 1.807) is 0 Å². The number of hydrogen-bond acceptors (Lipinski definition) is 3. The summed E-state index contributed by atoms with van der Waals surface area (Å²) in [5, 5.41) is 12.5. The molecule has 0 bridgehead atoms. The maximum Gasteiger partial charge on any atom is 0.0643 e. The predicted octanol–water partition coefficient (Wildman–Crippen LogP) is 2.47. The molecule has 1 heterocycles. The van der Waals surface area contributed by atoms with Crippen molar-refractivity contribution in [3.8, 4) is 6.07 Å². The Morgan fingerprint density at radius 3 is 2.83 bits per heavy atom. The van der Waals surface area contributed by atoms with Crippen molar-refractivity contribution in [3.05, 3.63) is 29.8 Å². The second kappa shape index (κ2) is 4.99. The summed E-state index contributed by atoms with van der Waals surface area (Å²) in [6.07, 6.45) is 0.560. The van der Waals surface area contributed by atoms with E-state index in [0.717, 1.165) is 13.1 Å². The number of nitriles is 1. The fourth-order valence-corrected chi connectivity index (χ4v) is 2.84. The number of hydrogen-bond donors (Lipinski definition) is 1. The number of nitrogens with zero attached hydrogens (tertiary/aromatic N) is 2. The Kier molecular flexibility index (Phi) is 3.58. The van der Waals surface area contributed by atoms with Crippen molar-refractivity contribution in [1.29, 1.82) is 5.26 Å². The van der Waals surface area contributed by atoms with Crippen molar-refractivity contribution in [1.82, 2.24) is 5.32 Å². The molecule has 0 amide bonds. The number of benzene rings is 1. The minimum atomic E-state index is 0.0336. The van der Waals surface area contributed by atoms with Crippen molar-refractivity contribution in [2.45, 2.75) is 38.8 Å². The molecule has 0 spiro atoms. The van der Waals surface area contributed by atoms with Gasteiger partial charge in [0.25, 0.3) is 0 Å². The summed E-state index contributed by atoms with van der Waals surface area (Å²) in [4.78, 5) is 2.42. The second-order valence-electron chi connectivity index (χ2n) is 5.62. The van der Waals surface area contributed by atoms with Crippen LogP contribution in [0.4, 0.5) is 5.69 Å². The normalized spacial score (nSPS) is 22.6. The number of aryl methyl sites for hydroxylation is 1. The molecule has 0 saturated carbocycles. The lowest BCUT2D eigenvalue weighted by Gasteiger charge is -2.49. The molecule has 3 nitrogen and oxygen atoms in total. The Bertz CT molecular complexity index is 459. The molecular formula is C15H21N3. The van der Waals surface area contributed by atoms with E-state index in [1.165, 1.54) is 11.3 Å². The SMILES string of the molecule is Cc1ccccc1N1C(CC#N)CNCC1(C)C. The van der Waals surface area contributed by atoms with Crippen LogP contribution in [0.1, 0.15) is 25.8 Å². The molecule has 1 aromatic carbocycles. The topological polar surface area (TPSA) is 39.1 Å². The number of piperazine rings is 1. The van der Waals surface area contributed by atoms with Crippen LogP contribution in [-0.4, -0.2) is 24.7 Å². The molecule has 1 unspecified atom stereocenters. The van der Waals surface area contributed by atoms with Crippen molar-refractivity contribution >= 4 is 5.69 Å². The van der Waals surface area contributed by atoms with Crippen LogP contribution in [0, 0.1) is 18.3 Å². The molecule has 96 valence electrons. The smallest absolute Gasteiger partial charge is 0.0643 e. The van der Waals surface area contributed by atoms with Crippen LogP contribution in [-0.2, 0) is 0 Å². The average Bonchev–Trinajstić information content (AvgIpc) is 2.30. The summed E-state index contributed by atoms with van der Waals surface area (Å²) in [5.74, 6) is 0. The Morgan fingerprint density at radius 2 is 2.17 bits per heavy atom. The minimum absolute atomic E-state index is 0.0336. The van der Waals surface area contributed by atoms with E-state index in [-0.39, 0.29) is 11.6 Å². The molecule has 1 fully saturated rings. The lowest BCUT2D eigenvalue weighted by Crippen LogP contribution is -2.63. The van der Waals surface area contributed by atoms with E-state index >= 15 is 0 Å². The molecule has 2 rings (SSSR count). The summed E-state index contributed by atoms with van der Waals surface area (Å²) < 4.78 is 0. The first-order chi connectivity index (χ1) is 8.56. The highest BCUT2D eigenvalue weighted by atomic mass is 15.3. The quantitative estimate of drug-likeness (QED) is 0.867. The Hall–Kier alpha value is -1.53. The summed E-state index contributed by atoms with van der Waals surface area (Å²) in [7, 11) is 0. The molecule has 1 aliphatic rings. The zero-order chi connectivity index (χ0) is 13.2. The molecule has 1 N–H and O–H groups in total. The lowest BCUT2D eigenvalue weighted by atomic mass is 9.93. The molecule has 1 saturated heterocycles. The van der Waals surface area contributed by atoms with Gasteiger partial charge in [0.05, 0.1) is 18.5 Å². The van der Waals surface area contributed by atoms with Gasteiger partial charge in [0.15, 0.2) is 0 Å². The van der Waals surface area contributed by atoms with Gasteiger partial charge < -0.3 is 10.2 Å². The molecule has 1 aliphatic heterocycles. The second-order valence-corrected chi connectivity index (χ2v) is 5.62. The van der Waals surface area contributed by atoms with E-state index in [9.17, 15) is 0 Å². The van der Waals surface area contributed by atoms with Gasteiger partial charge in [0.1, 0.15) is 0 Å². The summed E-state index contributed by atoms with van der Waals surface area (Å²) in [6, 6.07) is 11.0. The van der Waals surface area contributed by atoms with Crippen LogP contribution >= 0.6 is 0 Å². The number of para-hydroxylation sites is 1. The lowest BCUT2D eigenvalue weighted by molar-refractivity contribution is 0.324. The number of nitrogens with one attached hydrogen (secondary N) is 1. The predicted molar refractivity (Wildman–Crippen MR) is 74.6 cm³/mol. The largest absolute Gasteiger partial charge is 0.360 e. The van der Waals surface area contributed by atoms with Crippen LogP contribution in [0.15, 0.2) is 24.3 Å². The standard InChI is InChI=1S/C15H21N3/c1-12-6-4-5-7-14(12)18-13(8-9-16)10-17-11-15(18,2)3/h4-7,13,17H,8,10-11H2,1-3H3. The number of anilines is 1. The van der Waals surface area contributed by atoms with E-state index in [0.29, 0.717) is 6.42 Å². The van der Waals surface area contributed by atoms with Crippen LogP contribution in [0.5, 0.6) is 0 Å². The van der Waals surface area contributed by atoms with Crippen LogP contribution in [0.25, 0.3) is 0 Å². The summed E-state index contributed by atoms with van der Waals surface area (Å²) in [6.45, 7) is 8.43. The minimum Gasteiger partial charge on any atom is -0.360 e. The maximum atomic E-state index is 9.02. The Morgan fingerprint density at radius 1 is 1.44 bits per heavy atom. The van der Waals surface area contributed by atoms with Crippen LogP contribution in [0.2, 0.25) is 0 Å². The van der Waals surface area contributed by atoms with Gasteiger partial charge in [-0.25, -0.2) is 0 Å². The molecular weight excluding hydrogens is 222 g/mol. The third-order valence-electron chi connectivity index (χ3n) is 3.66. The molecule has 3 heteroatoms. The average molecular weight is 243 g/mol. The summed E-state index contributed by atoms with van der Waals surface area (Å²) >= 11 is 0. The van der Waals surface area contributed by atoms with E-state index < -0.39 is 0 Å². The van der Waals surface area contributed by atoms with Gasteiger partial charge >= 0.3 is 0 Å². The van der Waals surface area contributed by atoms with E-state index in [1.807, 2.05) is 0 Å². The Labute approximate surface area is 109 Å². The van der Waals surface area contributed by atoms with Crippen LogP contribution in [0.3, 0.4) is 0 Å². The molecule has 0 aliphatic carbocycles. The highest BCUT2D eigenvalue weighted by molar-refractivity contribution is 5.56. The zero-order valence-electron chi connectivity index (χ0n) is 11.4. The van der Waals surface area contributed by atoms with Crippen molar-refractivity contribution in [3.63, 3.8) is 0 Å².